The fourth-order valence-electron chi connectivity index (χ4n) is 4.98. The van der Waals surface area contributed by atoms with Crippen molar-refractivity contribution in [1.82, 2.24) is 19.9 Å². The number of aromatic nitrogens is 3. The molecule has 1 fully saturated rings. The Labute approximate surface area is 187 Å². The molecule has 2 aliphatic rings. The standard InChI is InChI=1S/C25H29N5O2/c1-15(2)14-30-23(32)12-19-16(3)27-24(28-25(19)30)21-9-6-10-29(21)22(31)11-17-13-26-20-8-5-4-7-18(17)20/h4-5,7-8,13,15,21,26H,6,9-12,14H2,1-3H3. The molecule has 2 aliphatic heterocycles. The number of rotatable bonds is 5. The van der Waals surface area contributed by atoms with Crippen LogP contribution in [0.1, 0.15) is 55.4 Å². The molecule has 0 aliphatic carbocycles. The lowest BCUT2D eigenvalue weighted by Gasteiger charge is -2.25. The summed E-state index contributed by atoms with van der Waals surface area (Å²) in [4.78, 5) is 42.5. The molecule has 0 saturated carbocycles. The van der Waals surface area contributed by atoms with Crippen LogP contribution in [0.2, 0.25) is 0 Å². The van der Waals surface area contributed by atoms with Crippen LogP contribution in [0.3, 0.4) is 0 Å². The second-order valence-corrected chi connectivity index (χ2v) is 9.33. The molecule has 32 heavy (non-hydrogen) atoms. The molecule has 1 unspecified atom stereocenters. The van der Waals surface area contributed by atoms with Gasteiger partial charge in [0.25, 0.3) is 0 Å². The van der Waals surface area contributed by atoms with E-state index < -0.39 is 0 Å². The van der Waals surface area contributed by atoms with Gasteiger partial charge in [0.05, 0.1) is 18.9 Å². The van der Waals surface area contributed by atoms with Crippen LogP contribution in [-0.4, -0.2) is 44.8 Å². The Morgan fingerprint density at radius 1 is 1.25 bits per heavy atom. The Balaban J connectivity index is 1.42. The van der Waals surface area contributed by atoms with E-state index in [0.717, 1.165) is 46.4 Å². The SMILES string of the molecule is Cc1nc(C2CCCN2C(=O)Cc2c[nH]c3ccccc23)nc2c1CC(=O)N2CC(C)C. The molecule has 7 heteroatoms. The second kappa shape index (κ2) is 8.04. The summed E-state index contributed by atoms with van der Waals surface area (Å²) in [6.07, 6.45) is 4.41. The van der Waals surface area contributed by atoms with Crippen LogP contribution in [0.5, 0.6) is 0 Å². The van der Waals surface area contributed by atoms with Crippen LogP contribution < -0.4 is 4.90 Å². The normalized spacial score (nSPS) is 18.2. The summed E-state index contributed by atoms with van der Waals surface area (Å²) < 4.78 is 0. The van der Waals surface area contributed by atoms with Crippen molar-refractivity contribution in [2.45, 2.75) is 52.5 Å². The van der Waals surface area contributed by atoms with E-state index in [9.17, 15) is 9.59 Å². The monoisotopic (exact) mass is 431 g/mol. The molecule has 1 atom stereocenters. The Morgan fingerprint density at radius 2 is 2.06 bits per heavy atom. The first-order valence-electron chi connectivity index (χ1n) is 11.4. The Hall–Kier alpha value is -3.22. The number of hydrogen-bond acceptors (Lipinski definition) is 4. The van der Waals surface area contributed by atoms with Crippen LogP contribution in [-0.2, 0) is 22.4 Å². The number of aromatic amines is 1. The molecule has 4 heterocycles. The van der Waals surface area contributed by atoms with E-state index in [1.807, 2.05) is 42.3 Å². The zero-order valence-corrected chi connectivity index (χ0v) is 18.9. The van der Waals surface area contributed by atoms with Gasteiger partial charge in [0.2, 0.25) is 11.8 Å². The summed E-state index contributed by atoms with van der Waals surface area (Å²) in [5.74, 6) is 1.93. The minimum atomic E-state index is -0.145. The number of benzene rings is 1. The van der Waals surface area contributed by atoms with Gasteiger partial charge < -0.3 is 9.88 Å². The molecule has 2 amide bonds. The number of H-pyrrole nitrogens is 1. The average molecular weight is 432 g/mol. The third-order valence-electron chi connectivity index (χ3n) is 6.53. The zero-order valence-electron chi connectivity index (χ0n) is 18.9. The molecule has 0 radical (unpaired) electrons. The summed E-state index contributed by atoms with van der Waals surface area (Å²) in [6.45, 7) is 7.50. The number of hydrogen-bond donors (Lipinski definition) is 1. The van der Waals surface area contributed by atoms with E-state index in [4.69, 9.17) is 9.97 Å². The number of nitrogens with one attached hydrogen (secondary N) is 1. The molecule has 0 spiro atoms. The molecular weight excluding hydrogens is 402 g/mol. The zero-order chi connectivity index (χ0) is 22.4. The lowest BCUT2D eigenvalue weighted by Crippen LogP contribution is -2.34. The van der Waals surface area contributed by atoms with Crippen molar-refractivity contribution in [2.75, 3.05) is 18.0 Å². The lowest BCUT2D eigenvalue weighted by atomic mass is 10.1. The molecule has 0 bridgehead atoms. The van der Waals surface area contributed by atoms with Crippen molar-refractivity contribution in [2.24, 2.45) is 5.92 Å². The largest absolute Gasteiger partial charge is 0.361 e. The van der Waals surface area contributed by atoms with Gasteiger partial charge in [-0.3, -0.25) is 14.5 Å². The number of anilines is 1. The van der Waals surface area contributed by atoms with Gasteiger partial charge in [-0.25, -0.2) is 9.97 Å². The van der Waals surface area contributed by atoms with Gasteiger partial charge in [0.1, 0.15) is 5.82 Å². The van der Waals surface area contributed by atoms with Crippen molar-refractivity contribution in [3.63, 3.8) is 0 Å². The fourth-order valence-corrected chi connectivity index (χ4v) is 4.98. The number of likely N-dealkylation sites (tertiary alicyclic amines) is 1. The summed E-state index contributed by atoms with van der Waals surface area (Å²) in [5, 5.41) is 1.09. The third-order valence-corrected chi connectivity index (χ3v) is 6.53. The molecule has 166 valence electrons. The van der Waals surface area contributed by atoms with Crippen molar-refractivity contribution >= 4 is 28.5 Å². The molecule has 1 saturated heterocycles. The first kappa shape index (κ1) is 20.7. The predicted octanol–water partition coefficient (Wildman–Crippen LogP) is 3.72. The summed E-state index contributed by atoms with van der Waals surface area (Å²) >= 11 is 0. The van der Waals surface area contributed by atoms with E-state index in [2.05, 4.69) is 18.8 Å². The number of amides is 2. The van der Waals surface area contributed by atoms with Gasteiger partial charge in [-0.2, -0.15) is 0 Å². The van der Waals surface area contributed by atoms with Crippen molar-refractivity contribution in [3.05, 3.63) is 53.1 Å². The third kappa shape index (κ3) is 3.55. The maximum absolute atomic E-state index is 13.3. The van der Waals surface area contributed by atoms with Crippen LogP contribution in [0.15, 0.2) is 30.5 Å². The predicted molar refractivity (Wildman–Crippen MR) is 123 cm³/mol. The highest BCUT2D eigenvalue weighted by Gasteiger charge is 2.36. The van der Waals surface area contributed by atoms with E-state index in [0.29, 0.717) is 37.7 Å². The smallest absolute Gasteiger partial charge is 0.232 e. The van der Waals surface area contributed by atoms with Crippen molar-refractivity contribution in [3.8, 4) is 0 Å². The van der Waals surface area contributed by atoms with E-state index >= 15 is 0 Å². The van der Waals surface area contributed by atoms with Gasteiger partial charge in [-0.15, -0.1) is 0 Å². The van der Waals surface area contributed by atoms with Gasteiger partial charge in [0.15, 0.2) is 5.82 Å². The number of para-hydroxylation sites is 1. The number of carbonyl (C=O) groups excluding carboxylic acids is 2. The fraction of sp³-hybridized carbons (Fsp3) is 0.440. The van der Waals surface area contributed by atoms with Gasteiger partial charge in [-0.1, -0.05) is 32.0 Å². The summed E-state index contributed by atoms with van der Waals surface area (Å²) in [5.41, 5.74) is 3.83. The molecule has 1 aromatic carbocycles. The van der Waals surface area contributed by atoms with Gasteiger partial charge in [0, 0.05) is 41.4 Å². The topological polar surface area (TPSA) is 82.2 Å². The Bertz CT molecular complexity index is 1200. The van der Waals surface area contributed by atoms with Crippen molar-refractivity contribution in [1.29, 1.82) is 0 Å². The second-order valence-electron chi connectivity index (χ2n) is 9.33. The van der Waals surface area contributed by atoms with E-state index in [1.54, 1.807) is 4.90 Å². The minimum Gasteiger partial charge on any atom is -0.361 e. The first-order valence-corrected chi connectivity index (χ1v) is 11.4. The number of nitrogens with zero attached hydrogens (tertiary/aromatic N) is 4. The highest BCUT2D eigenvalue weighted by atomic mass is 16.2. The quantitative estimate of drug-likeness (QED) is 0.668. The van der Waals surface area contributed by atoms with Crippen molar-refractivity contribution < 1.29 is 9.59 Å². The number of fused-ring (bicyclic) bond motifs is 2. The maximum atomic E-state index is 13.3. The summed E-state index contributed by atoms with van der Waals surface area (Å²) in [6, 6.07) is 7.90. The first-order chi connectivity index (χ1) is 15.4. The van der Waals surface area contributed by atoms with E-state index in [1.165, 1.54) is 0 Å². The van der Waals surface area contributed by atoms with Gasteiger partial charge in [-0.05, 0) is 37.3 Å². The van der Waals surface area contributed by atoms with Crippen LogP contribution in [0.25, 0.3) is 10.9 Å². The highest BCUT2D eigenvalue weighted by Crippen LogP contribution is 2.35. The highest BCUT2D eigenvalue weighted by molar-refractivity contribution is 6.00. The number of aryl methyl sites for hydroxylation is 1. The lowest BCUT2D eigenvalue weighted by molar-refractivity contribution is -0.131. The Kier molecular flexibility index (Phi) is 5.19. The molecule has 7 nitrogen and oxygen atoms in total. The Morgan fingerprint density at radius 3 is 2.88 bits per heavy atom. The van der Waals surface area contributed by atoms with Crippen LogP contribution in [0, 0.1) is 12.8 Å². The molecule has 2 aromatic heterocycles. The van der Waals surface area contributed by atoms with Crippen LogP contribution in [0.4, 0.5) is 5.82 Å². The van der Waals surface area contributed by atoms with Crippen LogP contribution >= 0.6 is 0 Å². The molecule has 3 aromatic rings. The average Bonchev–Trinajstić information content (AvgIpc) is 3.47. The van der Waals surface area contributed by atoms with E-state index in [-0.39, 0.29) is 17.9 Å². The molecule has 1 N–H and O–H groups in total. The van der Waals surface area contributed by atoms with Gasteiger partial charge >= 0.3 is 0 Å². The minimum absolute atomic E-state index is 0.0851. The molecule has 5 rings (SSSR count). The number of carbonyl (C=O) groups is 2. The summed E-state index contributed by atoms with van der Waals surface area (Å²) in [7, 11) is 0. The maximum Gasteiger partial charge on any atom is 0.232 e. The molecular formula is C25H29N5O2.